The number of aromatic nitrogens is 2. The number of hydrogen-bond donors (Lipinski definition) is 3. The number of rotatable bonds is 11. The molecule has 6 heterocycles. The van der Waals surface area contributed by atoms with E-state index in [4.69, 9.17) is 30.8 Å². The third kappa shape index (κ3) is 9.58. The van der Waals surface area contributed by atoms with Crippen molar-refractivity contribution < 1.29 is 32.3 Å². The Morgan fingerprint density at radius 2 is 1.76 bits per heavy atom. The number of H-pyrrole nitrogens is 1. The second kappa shape index (κ2) is 18.9. The summed E-state index contributed by atoms with van der Waals surface area (Å²) < 4.78 is 48.2. The number of nitro groups is 1. The maximum Gasteiger partial charge on any atom is 0.297 e. The van der Waals surface area contributed by atoms with Gasteiger partial charge in [0.2, 0.25) is 5.88 Å². The third-order valence-electron chi connectivity index (χ3n) is 14.3. The number of carbonyl (C=O) groups excluding carboxylic acids is 1. The molecule has 5 aliphatic rings. The number of amides is 1. The summed E-state index contributed by atoms with van der Waals surface area (Å²) in [6.45, 7) is 11.1. The van der Waals surface area contributed by atoms with Crippen LogP contribution in [0, 0.1) is 21.4 Å². The van der Waals surface area contributed by atoms with Gasteiger partial charge in [0.25, 0.3) is 21.6 Å². The lowest BCUT2D eigenvalue weighted by molar-refractivity contribution is -0.384. The summed E-state index contributed by atoms with van der Waals surface area (Å²) in [6.07, 6.45) is 8.24. The number of hydrogen-bond acceptors (Lipinski definition) is 13. The Morgan fingerprint density at radius 3 is 2.54 bits per heavy atom. The number of pyridine rings is 1. The molecule has 68 heavy (non-hydrogen) atoms. The molecule has 10 rings (SSSR count). The lowest BCUT2D eigenvalue weighted by Crippen LogP contribution is -2.46. The molecule has 1 atom stereocenters. The molecule has 3 aromatic carbocycles. The maximum atomic E-state index is 14.5. The van der Waals surface area contributed by atoms with Crippen LogP contribution in [0.4, 0.5) is 28.4 Å². The molecule has 16 nitrogen and oxygen atoms in total. The number of aromatic amines is 1. The van der Waals surface area contributed by atoms with Gasteiger partial charge in [-0.1, -0.05) is 43.2 Å². The van der Waals surface area contributed by atoms with E-state index in [-0.39, 0.29) is 41.0 Å². The number of nitro benzene ring substituents is 1. The number of carbonyl (C=O) groups is 1. The van der Waals surface area contributed by atoms with Crippen LogP contribution in [-0.2, 0) is 14.8 Å². The molecule has 2 aromatic heterocycles. The molecular weight excluding hydrogens is 908 g/mol. The molecule has 18 heteroatoms. The smallest absolute Gasteiger partial charge is 0.297 e. The van der Waals surface area contributed by atoms with E-state index in [2.05, 4.69) is 50.8 Å². The summed E-state index contributed by atoms with van der Waals surface area (Å²) in [7, 11) is -4.66. The first-order valence-corrected chi connectivity index (χ1v) is 25.5. The summed E-state index contributed by atoms with van der Waals surface area (Å²) in [6, 6.07) is 19.6. The normalized spacial score (nSPS) is 20.1. The summed E-state index contributed by atoms with van der Waals surface area (Å²) in [4.78, 5) is 40.5. The zero-order valence-electron chi connectivity index (χ0n) is 38.4. The van der Waals surface area contributed by atoms with Gasteiger partial charge >= 0.3 is 0 Å². The highest BCUT2D eigenvalue weighted by Crippen LogP contribution is 2.46. The number of halogens is 1. The first-order valence-electron chi connectivity index (χ1n) is 23.6. The van der Waals surface area contributed by atoms with Crippen molar-refractivity contribution >= 4 is 72.6 Å². The second-order valence-corrected chi connectivity index (χ2v) is 21.4. The van der Waals surface area contributed by atoms with Gasteiger partial charge < -0.3 is 34.3 Å². The zero-order chi connectivity index (χ0) is 47.2. The van der Waals surface area contributed by atoms with Crippen molar-refractivity contribution in [2.75, 3.05) is 80.8 Å². The van der Waals surface area contributed by atoms with Crippen molar-refractivity contribution in [2.45, 2.75) is 69.7 Å². The third-order valence-corrected chi connectivity index (χ3v) is 15.8. The molecule has 1 aliphatic carbocycles. The number of allylic oxidation sites excluding steroid dienone is 1. The van der Waals surface area contributed by atoms with Crippen LogP contribution in [0.25, 0.3) is 16.6 Å². The molecule has 0 unspecified atom stereocenters. The topological polar surface area (TPSA) is 184 Å². The van der Waals surface area contributed by atoms with Gasteiger partial charge in [-0.25, -0.2) is 13.1 Å². The van der Waals surface area contributed by atoms with Crippen molar-refractivity contribution in [1.82, 2.24) is 19.6 Å². The number of nitrogens with zero attached hydrogens (tertiary/aromatic N) is 5. The fourth-order valence-corrected chi connectivity index (χ4v) is 11.5. The van der Waals surface area contributed by atoms with Gasteiger partial charge in [-0.05, 0) is 110 Å². The molecule has 3 N–H and O–H groups in total. The lowest BCUT2D eigenvalue weighted by atomic mass is 9.72. The highest BCUT2D eigenvalue weighted by atomic mass is 35.5. The minimum absolute atomic E-state index is 0.0306. The van der Waals surface area contributed by atoms with E-state index in [1.54, 1.807) is 12.3 Å². The van der Waals surface area contributed by atoms with E-state index in [9.17, 15) is 23.3 Å². The fourth-order valence-electron chi connectivity index (χ4n) is 10.4. The summed E-state index contributed by atoms with van der Waals surface area (Å²) in [5.74, 6) is -0.297. The molecule has 0 saturated carbocycles. The van der Waals surface area contributed by atoms with Gasteiger partial charge in [0.05, 0.1) is 33.7 Å². The zero-order valence-corrected chi connectivity index (χ0v) is 40.0. The highest BCUT2D eigenvalue weighted by molar-refractivity contribution is 7.90. The number of sulfonamides is 1. The number of piperazine rings is 1. The SMILES string of the molecule is CC1(C)CCC(CCN2CCN(c3ccc(C(=O)NS(=O)(=O)c4cc5c(c([N+](=O)[O-])c4)N[C@@H](C4CCOCC4)CO5)c(N4CCCOc5nc6[nH]ccc6cc54)c3)CC2)=C(c2ccc(Cl)cc2)C1. The van der Waals surface area contributed by atoms with Crippen molar-refractivity contribution in [2.24, 2.45) is 11.3 Å². The van der Waals surface area contributed by atoms with Crippen LogP contribution in [0.2, 0.25) is 5.02 Å². The lowest BCUT2D eigenvalue weighted by Gasteiger charge is -2.38. The van der Waals surface area contributed by atoms with E-state index in [0.29, 0.717) is 55.7 Å². The molecule has 0 bridgehead atoms. The molecule has 4 aliphatic heterocycles. The van der Waals surface area contributed by atoms with E-state index >= 15 is 0 Å². The van der Waals surface area contributed by atoms with Gasteiger partial charge in [-0.2, -0.15) is 4.98 Å². The molecule has 5 aromatic rings. The van der Waals surface area contributed by atoms with Crippen LogP contribution < -0.4 is 29.3 Å². The predicted molar refractivity (Wildman–Crippen MR) is 263 cm³/mol. The number of fused-ring (bicyclic) bond motifs is 3. The Balaban J connectivity index is 0.912. The molecular formula is C50H57ClN8O8S. The minimum atomic E-state index is -4.66. The van der Waals surface area contributed by atoms with Crippen molar-refractivity contribution in [3.63, 3.8) is 0 Å². The van der Waals surface area contributed by atoms with Crippen molar-refractivity contribution in [3.8, 4) is 11.6 Å². The van der Waals surface area contributed by atoms with E-state index in [0.717, 1.165) is 93.4 Å². The van der Waals surface area contributed by atoms with Crippen LogP contribution in [0.3, 0.4) is 0 Å². The Labute approximate surface area is 401 Å². The Kier molecular flexibility index (Phi) is 12.8. The quantitative estimate of drug-likeness (QED) is 0.0843. The number of anilines is 4. The van der Waals surface area contributed by atoms with Crippen molar-refractivity contribution in [3.05, 3.63) is 105 Å². The summed E-state index contributed by atoms with van der Waals surface area (Å²) in [5, 5.41) is 17.3. The average molecular weight is 966 g/mol. The van der Waals surface area contributed by atoms with E-state index < -0.39 is 31.4 Å². The Morgan fingerprint density at radius 1 is 0.971 bits per heavy atom. The molecule has 358 valence electrons. The predicted octanol–water partition coefficient (Wildman–Crippen LogP) is 8.94. The van der Waals surface area contributed by atoms with Crippen LogP contribution in [0.5, 0.6) is 11.6 Å². The van der Waals surface area contributed by atoms with Gasteiger partial charge in [-0.15, -0.1) is 0 Å². The minimum Gasteiger partial charge on any atom is -0.489 e. The van der Waals surface area contributed by atoms with Crippen LogP contribution >= 0.6 is 11.6 Å². The molecule has 1 amide bonds. The molecule has 2 fully saturated rings. The first-order chi connectivity index (χ1) is 32.8. The van der Waals surface area contributed by atoms with Gasteiger partial charge in [-0.3, -0.25) is 19.8 Å². The maximum absolute atomic E-state index is 14.5. The Bertz CT molecular complexity index is 2870. The Hall–Kier alpha value is -5.88. The average Bonchev–Trinajstić information content (AvgIpc) is 3.70. The molecule has 0 radical (unpaired) electrons. The number of nitrogens with one attached hydrogen (secondary N) is 3. The summed E-state index contributed by atoms with van der Waals surface area (Å²) >= 11 is 6.27. The standard InChI is InChI=1S/C50H57ClN8O8S/c1-50(2)15-10-33(40(30-50)32-4-6-36(51)7-5-32)12-18-56-19-21-57(22-20-56)37-8-9-39(42(27-37)58-17-3-23-66-49-44(58)26-35-11-16-52-47(35)54-49)48(60)55-68(63,64)38-28-43(59(61)62)46-45(29-38)67-31-41(53-46)34-13-24-65-25-14-34/h4-9,11,16,26-29,34,41,53H,3,10,12-15,17-25,30-31H2,1-2H3,(H,52,54)(H,55,60)/t41-/m1/s1. The summed E-state index contributed by atoms with van der Waals surface area (Å²) in [5.41, 5.74) is 6.89. The van der Waals surface area contributed by atoms with Crippen molar-refractivity contribution in [1.29, 1.82) is 0 Å². The second-order valence-electron chi connectivity index (χ2n) is 19.3. The monoisotopic (exact) mass is 964 g/mol. The largest absolute Gasteiger partial charge is 0.489 e. The van der Waals surface area contributed by atoms with Gasteiger partial charge in [0.1, 0.15) is 17.9 Å². The van der Waals surface area contributed by atoms with Crippen LogP contribution in [0.15, 0.2) is 83.4 Å². The van der Waals surface area contributed by atoms with Gasteiger partial charge in [0.15, 0.2) is 11.4 Å². The highest BCUT2D eigenvalue weighted by Gasteiger charge is 2.36. The molecule has 0 spiro atoms. The first kappa shape index (κ1) is 45.9. The fraction of sp³-hybridized carbons (Fsp3) is 0.440. The number of benzene rings is 3. The van der Waals surface area contributed by atoms with Gasteiger partial charge in [0, 0.05) is 86.9 Å². The molecule has 2 saturated heterocycles. The van der Waals surface area contributed by atoms with Crippen LogP contribution in [-0.4, -0.2) is 106 Å². The number of ether oxygens (including phenoxy) is 3. The van der Waals surface area contributed by atoms with E-state index in [1.807, 2.05) is 41.3 Å². The van der Waals surface area contributed by atoms with E-state index in [1.165, 1.54) is 22.8 Å². The van der Waals surface area contributed by atoms with Crippen LogP contribution in [0.1, 0.15) is 74.7 Å².